The van der Waals surface area contributed by atoms with Crippen molar-refractivity contribution in [2.45, 2.75) is 38.0 Å². The predicted octanol–water partition coefficient (Wildman–Crippen LogP) is -2.57. The number of carbonyl (C=O) groups excluding carboxylic acids is 3. The monoisotopic (exact) mass is 331 g/mol. The van der Waals surface area contributed by atoms with Gasteiger partial charge in [0.1, 0.15) is 25.3 Å². The number of primary amides is 1. The average molecular weight is 331 g/mol. The summed E-state index contributed by atoms with van der Waals surface area (Å²) in [6.07, 6.45) is -0.530. The number of carbonyl (C=O) groups is 4. The third kappa shape index (κ3) is 5.49. The highest BCUT2D eigenvalue weighted by Gasteiger charge is 2.40. The number of carboxylic acid groups (broad SMARTS) is 1. The molecule has 1 heterocycles. The average Bonchev–Trinajstić information content (AvgIpc) is 2.86. The topological polar surface area (TPSA) is 159 Å². The second-order valence-electron chi connectivity index (χ2n) is 5.21. The van der Waals surface area contributed by atoms with Crippen LogP contribution in [0.3, 0.4) is 0 Å². The molecule has 5 N–H and O–H groups in total. The molecule has 1 fully saturated rings. The Labute approximate surface area is 132 Å². The molecule has 3 amide bonds. The van der Waals surface area contributed by atoms with Gasteiger partial charge in [0.15, 0.2) is 0 Å². The molecule has 0 radical (unpaired) electrons. The number of hydrogen-bond donors (Lipinski definition) is 4. The number of aliphatic hydroxyl groups is 1. The fraction of sp³-hybridized carbons (Fsp3) is 0.692. The molecule has 130 valence electrons. The number of carboxylic acids is 1. The second kappa shape index (κ2) is 8.44. The number of aliphatic carboxylic acids is 1. The van der Waals surface area contributed by atoms with Crippen LogP contribution in [0, 0.1) is 0 Å². The fourth-order valence-electron chi connectivity index (χ4n) is 2.33. The largest absolute Gasteiger partial charge is 0.480 e. The van der Waals surface area contributed by atoms with Crippen molar-refractivity contribution >= 4 is 23.7 Å². The number of nitrogens with one attached hydrogen (secondary N) is 1. The van der Waals surface area contributed by atoms with Crippen LogP contribution in [0.15, 0.2) is 0 Å². The van der Waals surface area contributed by atoms with Gasteiger partial charge in [0, 0.05) is 13.0 Å². The number of amides is 3. The molecule has 0 aromatic rings. The Balaban J connectivity index is 2.62. The maximum atomic E-state index is 12.4. The maximum Gasteiger partial charge on any atom is 0.329 e. The van der Waals surface area contributed by atoms with Gasteiger partial charge in [0.05, 0.1) is 6.10 Å². The van der Waals surface area contributed by atoms with Crippen molar-refractivity contribution in [1.29, 1.82) is 0 Å². The van der Waals surface area contributed by atoms with Crippen molar-refractivity contribution in [2.75, 3.05) is 19.8 Å². The highest BCUT2D eigenvalue weighted by Crippen LogP contribution is 2.19. The highest BCUT2D eigenvalue weighted by molar-refractivity contribution is 5.92. The van der Waals surface area contributed by atoms with Gasteiger partial charge in [-0.25, -0.2) is 4.79 Å². The van der Waals surface area contributed by atoms with E-state index in [-0.39, 0.29) is 19.4 Å². The number of nitrogens with two attached hydrogens (primary N) is 1. The van der Waals surface area contributed by atoms with Crippen LogP contribution in [0.1, 0.15) is 19.8 Å². The van der Waals surface area contributed by atoms with Gasteiger partial charge < -0.3 is 30.9 Å². The molecule has 1 aliphatic rings. The zero-order valence-electron chi connectivity index (χ0n) is 12.7. The third-order valence-electron chi connectivity index (χ3n) is 3.39. The zero-order chi connectivity index (χ0) is 17.6. The summed E-state index contributed by atoms with van der Waals surface area (Å²) >= 11 is 0. The molecule has 0 bridgehead atoms. The second-order valence-corrected chi connectivity index (χ2v) is 5.21. The molecule has 1 aliphatic heterocycles. The van der Waals surface area contributed by atoms with Crippen LogP contribution >= 0.6 is 0 Å². The van der Waals surface area contributed by atoms with Gasteiger partial charge in [-0.15, -0.1) is 0 Å². The molecule has 1 saturated heterocycles. The Bertz CT molecular complexity index is 482. The highest BCUT2D eigenvalue weighted by atomic mass is 16.5. The van der Waals surface area contributed by atoms with E-state index >= 15 is 0 Å². The summed E-state index contributed by atoms with van der Waals surface area (Å²) in [7, 11) is 0. The molecule has 0 aromatic carbocycles. The summed E-state index contributed by atoms with van der Waals surface area (Å²) in [6, 6.07) is -1.82. The van der Waals surface area contributed by atoms with E-state index in [0.717, 1.165) is 4.90 Å². The van der Waals surface area contributed by atoms with Crippen LogP contribution in [-0.4, -0.2) is 76.7 Å². The van der Waals surface area contributed by atoms with E-state index in [1.807, 2.05) is 0 Å². The minimum absolute atomic E-state index is 0.0334. The number of ether oxygens (including phenoxy) is 1. The van der Waals surface area contributed by atoms with E-state index in [1.54, 1.807) is 6.92 Å². The molecule has 1 unspecified atom stereocenters. The van der Waals surface area contributed by atoms with Gasteiger partial charge in [-0.05, 0) is 6.42 Å². The number of β-amino-alcohol motifs (C(OH)–C–C–N with tert-alkyl or cyclic N) is 1. The van der Waals surface area contributed by atoms with E-state index in [1.165, 1.54) is 0 Å². The minimum atomic E-state index is -1.21. The Morgan fingerprint density at radius 3 is 2.52 bits per heavy atom. The van der Waals surface area contributed by atoms with Crippen molar-refractivity contribution in [3.8, 4) is 0 Å². The molecular weight excluding hydrogens is 310 g/mol. The molecule has 3 atom stereocenters. The van der Waals surface area contributed by atoms with Crippen molar-refractivity contribution in [2.24, 2.45) is 5.73 Å². The van der Waals surface area contributed by atoms with Crippen LogP contribution in [0.25, 0.3) is 0 Å². The molecule has 23 heavy (non-hydrogen) atoms. The summed E-state index contributed by atoms with van der Waals surface area (Å²) in [4.78, 5) is 46.9. The smallest absolute Gasteiger partial charge is 0.329 e. The fourth-order valence-corrected chi connectivity index (χ4v) is 2.33. The van der Waals surface area contributed by atoms with E-state index in [9.17, 15) is 24.3 Å². The molecule has 0 aliphatic carbocycles. The number of hydrogen-bond acceptors (Lipinski definition) is 6. The van der Waals surface area contributed by atoms with Crippen molar-refractivity contribution < 1.29 is 34.1 Å². The van der Waals surface area contributed by atoms with Gasteiger partial charge in [-0.3, -0.25) is 14.4 Å². The molecule has 0 saturated carbocycles. The van der Waals surface area contributed by atoms with Gasteiger partial charge in [0.2, 0.25) is 17.7 Å². The van der Waals surface area contributed by atoms with Crippen LogP contribution < -0.4 is 11.1 Å². The molecule has 1 rings (SSSR count). The van der Waals surface area contributed by atoms with E-state index in [2.05, 4.69) is 10.1 Å². The minimum Gasteiger partial charge on any atom is -0.480 e. The molecule has 10 nitrogen and oxygen atoms in total. The standard InChI is InChI=1S/C13H21N3O7/c1-2-8(15-10(18)5-23-6-11(19)20)13(22)16-4-7(17)3-9(16)12(14)21/h7-9,17H,2-6H2,1H3,(H2,14,21)(H,15,18)(H,19,20)/t7-,8+,9?/m1/s1. The SMILES string of the molecule is CC[C@H](NC(=O)COCC(=O)O)C(=O)N1C[C@H](O)CC1C(N)=O. The summed E-state index contributed by atoms with van der Waals surface area (Å²) in [5.41, 5.74) is 5.22. The first kappa shape index (κ1) is 18.8. The lowest BCUT2D eigenvalue weighted by atomic mass is 10.1. The van der Waals surface area contributed by atoms with Crippen molar-refractivity contribution in [1.82, 2.24) is 10.2 Å². The zero-order valence-corrected chi connectivity index (χ0v) is 12.7. The molecular formula is C13H21N3O7. The molecule has 10 heteroatoms. The summed E-state index contributed by atoms with van der Waals surface area (Å²) in [5, 5.41) is 20.4. The van der Waals surface area contributed by atoms with E-state index in [0.29, 0.717) is 0 Å². The first-order chi connectivity index (χ1) is 10.8. The van der Waals surface area contributed by atoms with Crippen molar-refractivity contribution in [3.63, 3.8) is 0 Å². The summed E-state index contributed by atoms with van der Waals surface area (Å²) in [6.45, 7) is 0.499. The van der Waals surface area contributed by atoms with Crippen LogP contribution in [0.5, 0.6) is 0 Å². The Kier molecular flexibility index (Phi) is 6.91. The Morgan fingerprint density at radius 2 is 2.00 bits per heavy atom. The van der Waals surface area contributed by atoms with Crippen LogP contribution in [-0.2, 0) is 23.9 Å². The van der Waals surface area contributed by atoms with Gasteiger partial charge in [-0.1, -0.05) is 6.92 Å². The normalized spacial score (nSPS) is 21.7. The first-order valence-electron chi connectivity index (χ1n) is 7.13. The lowest BCUT2D eigenvalue weighted by Crippen LogP contribution is -2.53. The number of rotatable bonds is 8. The Morgan fingerprint density at radius 1 is 1.35 bits per heavy atom. The van der Waals surface area contributed by atoms with E-state index < -0.39 is 55.1 Å². The lowest BCUT2D eigenvalue weighted by Gasteiger charge is -2.27. The van der Waals surface area contributed by atoms with Crippen LogP contribution in [0.4, 0.5) is 0 Å². The number of nitrogens with zero attached hydrogens (tertiary/aromatic N) is 1. The lowest BCUT2D eigenvalue weighted by molar-refractivity contribution is -0.145. The maximum absolute atomic E-state index is 12.4. The third-order valence-corrected chi connectivity index (χ3v) is 3.39. The van der Waals surface area contributed by atoms with Crippen LogP contribution in [0.2, 0.25) is 0 Å². The Hall–Kier alpha value is -2.20. The van der Waals surface area contributed by atoms with E-state index in [4.69, 9.17) is 10.8 Å². The number of likely N-dealkylation sites (tertiary alicyclic amines) is 1. The van der Waals surface area contributed by atoms with Gasteiger partial charge >= 0.3 is 5.97 Å². The molecule has 0 aromatic heterocycles. The molecule has 0 spiro atoms. The first-order valence-corrected chi connectivity index (χ1v) is 7.13. The summed E-state index contributed by atoms with van der Waals surface area (Å²) < 4.78 is 4.63. The van der Waals surface area contributed by atoms with Crippen molar-refractivity contribution in [3.05, 3.63) is 0 Å². The van der Waals surface area contributed by atoms with Gasteiger partial charge in [0.25, 0.3) is 0 Å². The quantitative estimate of drug-likeness (QED) is 0.380. The predicted molar refractivity (Wildman–Crippen MR) is 76.0 cm³/mol. The summed E-state index contributed by atoms with van der Waals surface area (Å²) in [5.74, 6) is -3.11. The number of aliphatic hydroxyl groups excluding tert-OH is 1. The van der Waals surface area contributed by atoms with Gasteiger partial charge in [-0.2, -0.15) is 0 Å².